The Morgan fingerprint density at radius 1 is 1.21 bits per heavy atom. The molecule has 1 aromatic rings. The maximum atomic E-state index is 12.8. The van der Waals surface area contributed by atoms with Gasteiger partial charge in [0.25, 0.3) is 0 Å². The monoisotopic (exact) mass is 390 g/mol. The van der Waals surface area contributed by atoms with Crippen LogP contribution in [0.3, 0.4) is 0 Å². The molecular weight excluding hydrogens is 356 g/mol. The first-order valence-electron chi connectivity index (χ1n) is 10.4. The zero-order valence-electron chi connectivity index (χ0n) is 17.4. The van der Waals surface area contributed by atoms with Crippen molar-refractivity contribution >= 4 is 5.91 Å². The van der Waals surface area contributed by atoms with E-state index in [2.05, 4.69) is 30.9 Å². The van der Waals surface area contributed by atoms with Crippen LogP contribution in [0.5, 0.6) is 5.75 Å². The summed E-state index contributed by atoms with van der Waals surface area (Å²) in [7, 11) is 0. The van der Waals surface area contributed by atoms with E-state index >= 15 is 0 Å². The molecule has 2 fully saturated rings. The number of carbonyl (C=O) groups is 1. The smallest absolute Gasteiger partial charge is 0.227 e. The number of ether oxygens (including phenoxy) is 2. The normalized spacial score (nSPS) is 22.1. The molecule has 2 atom stereocenters. The van der Waals surface area contributed by atoms with Crippen molar-refractivity contribution in [1.29, 1.82) is 0 Å². The third kappa shape index (κ3) is 5.25. The van der Waals surface area contributed by atoms with Gasteiger partial charge in [-0.15, -0.1) is 0 Å². The second-order valence-corrected chi connectivity index (χ2v) is 8.15. The Morgan fingerprint density at radius 2 is 1.93 bits per heavy atom. The van der Waals surface area contributed by atoms with Gasteiger partial charge in [0, 0.05) is 26.2 Å². The van der Waals surface area contributed by atoms with Gasteiger partial charge in [-0.3, -0.25) is 9.69 Å². The molecule has 0 saturated carbocycles. The Bertz CT molecular complexity index is 673. The quantitative estimate of drug-likeness (QED) is 0.804. The van der Waals surface area contributed by atoms with Crippen LogP contribution in [0.15, 0.2) is 12.1 Å². The van der Waals surface area contributed by atoms with Gasteiger partial charge in [0.1, 0.15) is 18.5 Å². The number of aryl methyl sites for hydroxylation is 2. The molecule has 6 nitrogen and oxygen atoms in total. The van der Waals surface area contributed by atoms with Gasteiger partial charge >= 0.3 is 0 Å². The third-order valence-electron chi connectivity index (χ3n) is 5.94. The third-order valence-corrected chi connectivity index (χ3v) is 5.94. The molecule has 2 unspecified atom stereocenters. The molecule has 6 heteroatoms. The molecule has 0 bridgehead atoms. The molecule has 0 spiro atoms. The second-order valence-electron chi connectivity index (χ2n) is 8.15. The molecule has 2 aliphatic rings. The van der Waals surface area contributed by atoms with Crippen LogP contribution in [0.2, 0.25) is 0 Å². The number of hydrogen-bond donors (Lipinski definition) is 1. The molecule has 28 heavy (non-hydrogen) atoms. The van der Waals surface area contributed by atoms with Crippen molar-refractivity contribution in [3.63, 3.8) is 0 Å². The number of morpholine rings is 1. The van der Waals surface area contributed by atoms with Crippen LogP contribution >= 0.6 is 0 Å². The number of nitrogens with zero attached hydrogens (tertiary/aromatic N) is 2. The SMILES string of the molecule is Cc1ccc(C)c(OCC(O)CN2CCCC(C(=O)N3CCOCC3)C2)c1C. The van der Waals surface area contributed by atoms with E-state index in [0.29, 0.717) is 32.8 Å². The molecular formula is C22H34N2O4. The maximum Gasteiger partial charge on any atom is 0.227 e. The number of amides is 1. The number of piperidine rings is 1. The second kappa shape index (κ2) is 9.72. The summed E-state index contributed by atoms with van der Waals surface area (Å²) >= 11 is 0. The zero-order chi connectivity index (χ0) is 20.1. The average molecular weight is 391 g/mol. The van der Waals surface area contributed by atoms with E-state index in [1.54, 1.807) is 0 Å². The summed E-state index contributed by atoms with van der Waals surface area (Å²) in [6.45, 7) is 11.3. The highest BCUT2D eigenvalue weighted by Gasteiger charge is 2.30. The molecule has 1 N–H and O–H groups in total. The summed E-state index contributed by atoms with van der Waals surface area (Å²) in [6.07, 6.45) is 1.35. The number of aliphatic hydroxyl groups excluding tert-OH is 1. The van der Waals surface area contributed by atoms with Crippen molar-refractivity contribution < 1.29 is 19.4 Å². The summed E-state index contributed by atoms with van der Waals surface area (Å²) in [4.78, 5) is 16.9. The van der Waals surface area contributed by atoms with Crippen LogP contribution in [-0.4, -0.2) is 79.5 Å². The minimum absolute atomic E-state index is 0.0289. The van der Waals surface area contributed by atoms with E-state index in [1.807, 2.05) is 11.8 Å². The molecule has 2 aliphatic heterocycles. The fourth-order valence-electron chi connectivity index (χ4n) is 4.14. The number of β-amino-alcohol motifs (C(OH)–C–C–N with tert-alkyl or cyclic N) is 1. The van der Waals surface area contributed by atoms with Gasteiger partial charge in [-0.1, -0.05) is 12.1 Å². The van der Waals surface area contributed by atoms with Crippen molar-refractivity contribution in [2.75, 3.05) is 52.5 Å². The number of hydrogen-bond acceptors (Lipinski definition) is 5. The van der Waals surface area contributed by atoms with Crippen LogP contribution < -0.4 is 4.74 Å². The highest BCUT2D eigenvalue weighted by atomic mass is 16.5. The highest BCUT2D eigenvalue weighted by molar-refractivity contribution is 5.79. The number of benzene rings is 1. The summed E-state index contributed by atoms with van der Waals surface area (Å²) < 4.78 is 11.3. The van der Waals surface area contributed by atoms with Gasteiger partial charge in [-0.25, -0.2) is 0 Å². The summed E-state index contributed by atoms with van der Waals surface area (Å²) in [5.74, 6) is 1.14. The van der Waals surface area contributed by atoms with E-state index in [1.165, 1.54) is 5.56 Å². The Kier molecular flexibility index (Phi) is 7.32. The van der Waals surface area contributed by atoms with E-state index in [-0.39, 0.29) is 18.4 Å². The van der Waals surface area contributed by atoms with Gasteiger partial charge < -0.3 is 19.5 Å². The number of rotatable bonds is 6. The Labute approximate surface area is 168 Å². The Balaban J connectivity index is 1.49. The number of likely N-dealkylation sites (tertiary alicyclic amines) is 1. The Morgan fingerprint density at radius 3 is 2.68 bits per heavy atom. The first-order chi connectivity index (χ1) is 13.5. The molecule has 0 aromatic heterocycles. The van der Waals surface area contributed by atoms with Crippen molar-refractivity contribution in [2.45, 2.75) is 39.7 Å². The molecule has 156 valence electrons. The van der Waals surface area contributed by atoms with Gasteiger partial charge in [0.2, 0.25) is 5.91 Å². The first-order valence-corrected chi connectivity index (χ1v) is 10.4. The highest BCUT2D eigenvalue weighted by Crippen LogP contribution is 2.26. The van der Waals surface area contributed by atoms with E-state index in [4.69, 9.17) is 9.47 Å². The summed E-state index contributed by atoms with van der Waals surface area (Å²) in [5, 5.41) is 10.5. The molecule has 0 aliphatic carbocycles. The summed E-state index contributed by atoms with van der Waals surface area (Å²) in [6, 6.07) is 4.14. The van der Waals surface area contributed by atoms with Crippen molar-refractivity contribution in [2.24, 2.45) is 5.92 Å². The standard InChI is InChI=1S/C22H34N2O4/c1-16-6-7-17(2)21(18(16)3)28-15-20(25)14-23-8-4-5-19(13-23)22(26)24-9-11-27-12-10-24/h6-7,19-20,25H,4-5,8-15H2,1-3H3. The predicted octanol–water partition coefficient (Wildman–Crippen LogP) is 1.92. The topological polar surface area (TPSA) is 62.2 Å². The molecule has 1 amide bonds. The fraction of sp³-hybridized carbons (Fsp3) is 0.682. The van der Waals surface area contributed by atoms with Gasteiger partial charge in [-0.05, 0) is 56.8 Å². The van der Waals surface area contributed by atoms with E-state index in [0.717, 1.165) is 42.8 Å². The molecule has 2 heterocycles. The van der Waals surface area contributed by atoms with Crippen molar-refractivity contribution in [1.82, 2.24) is 9.80 Å². The number of carbonyl (C=O) groups excluding carboxylic acids is 1. The van der Waals surface area contributed by atoms with Crippen LogP contribution in [-0.2, 0) is 9.53 Å². The van der Waals surface area contributed by atoms with Gasteiger partial charge in [0.05, 0.1) is 19.1 Å². The lowest BCUT2D eigenvalue weighted by Gasteiger charge is -2.36. The van der Waals surface area contributed by atoms with Crippen LogP contribution in [0.1, 0.15) is 29.5 Å². The van der Waals surface area contributed by atoms with Gasteiger partial charge in [0.15, 0.2) is 0 Å². The lowest BCUT2D eigenvalue weighted by molar-refractivity contribution is -0.141. The van der Waals surface area contributed by atoms with Crippen LogP contribution in [0.4, 0.5) is 0 Å². The molecule has 0 radical (unpaired) electrons. The van der Waals surface area contributed by atoms with Gasteiger partial charge in [-0.2, -0.15) is 0 Å². The average Bonchev–Trinajstić information content (AvgIpc) is 2.71. The van der Waals surface area contributed by atoms with Crippen molar-refractivity contribution in [3.05, 3.63) is 28.8 Å². The summed E-state index contributed by atoms with van der Waals surface area (Å²) in [5.41, 5.74) is 3.40. The number of aliphatic hydroxyl groups is 1. The largest absolute Gasteiger partial charge is 0.490 e. The fourth-order valence-corrected chi connectivity index (χ4v) is 4.14. The van der Waals surface area contributed by atoms with E-state index in [9.17, 15) is 9.90 Å². The molecule has 1 aromatic carbocycles. The Hall–Kier alpha value is -1.63. The lowest BCUT2D eigenvalue weighted by Crippen LogP contribution is -2.49. The lowest BCUT2D eigenvalue weighted by atomic mass is 9.96. The predicted molar refractivity (Wildman–Crippen MR) is 109 cm³/mol. The molecule has 3 rings (SSSR count). The maximum absolute atomic E-state index is 12.8. The van der Waals surface area contributed by atoms with Crippen molar-refractivity contribution in [3.8, 4) is 5.75 Å². The first kappa shape index (κ1) is 21.1. The minimum Gasteiger partial charge on any atom is -0.490 e. The van der Waals surface area contributed by atoms with E-state index < -0.39 is 6.10 Å². The zero-order valence-corrected chi connectivity index (χ0v) is 17.4. The molecule has 2 saturated heterocycles. The minimum atomic E-state index is -0.573. The van der Waals surface area contributed by atoms with Crippen LogP contribution in [0, 0.1) is 26.7 Å². The van der Waals surface area contributed by atoms with Crippen LogP contribution in [0.25, 0.3) is 0 Å².